The Balaban J connectivity index is 3.03. The summed E-state index contributed by atoms with van der Waals surface area (Å²) in [6.07, 6.45) is 0.686. The molecule has 0 N–H and O–H groups in total. The molecule has 7 heteroatoms. The number of aryl methyl sites for hydroxylation is 1. The van der Waals surface area contributed by atoms with Gasteiger partial charge in [0.05, 0.1) is 21.3 Å². The van der Waals surface area contributed by atoms with Crippen molar-refractivity contribution in [3.05, 3.63) is 17.7 Å². The summed E-state index contributed by atoms with van der Waals surface area (Å²) in [5, 5.41) is 0. The summed E-state index contributed by atoms with van der Waals surface area (Å²) in [6.45, 7) is 0. The van der Waals surface area contributed by atoms with Gasteiger partial charge in [-0.15, -0.1) is 0 Å². The molecule has 0 aromatic heterocycles. The average Bonchev–Trinajstić information content (AvgIpc) is 2.55. The quantitative estimate of drug-likeness (QED) is 0.651. The molecule has 0 saturated heterocycles. The number of rotatable bonds is 9. The third-order valence-electron chi connectivity index (χ3n) is 3.42. The summed E-state index contributed by atoms with van der Waals surface area (Å²) < 4.78 is 32.4. The lowest BCUT2D eigenvalue weighted by Gasteiger charge is -2.24. The van der Waals surface area contributed by atoms with E-state index in [1.165, 1.54) is 0 Å². The van der Waals surface area contributed by atoms with Gasteiger partial charge < -0.3 is 27.5 Å². The topological polar surface area (TPSA) is 55.4 Å². The van der Waals surface area contributed by atoms with Gasteiger partial charge in [-0.2, -0.15) is 0 Å². The van der Waals surface area contributed by atoms with Gasteiger partial charge >= 0.3 is 8.80 Å². The molecule has 1 rings (SSSR count). The second-order valence-electron chi connectivity index (χ2n) is 4.29. The number of hydrogen-bond acceptors (Lipinski definition) is 6. The minimum atomic E-state index is -2.61. The van der Waals surface area contributed by atoms with Crippen LogP contribution in [-0.2, 0) is 19.7 Å². The third-order valence-corrected chi connectivity index (χ3v) is 6.15. The Labute approximate surface area is 127 Å². The van der Waals surface area contributed by atoms with Crippen LogP contribution in [0.3, 0.4) is 0 Å². The largest absolute Gasteiger partial charge is 0.500 e. The molecule has 0 spiro atoms. The molecule has 6 nitrogen and oxygen atoms in total. The van der Waals surface area contributed by atoms with Crippen molar-refractivity contribution in [1.29, 1.82) is 0 Å². The molecule has 0 aliphatic rings. The molecule has 0 bridgehead atoms. The van der Waals surface area contributed by atoms with Crippen LogP contribution in [-0.4, -0.2) is 51.5 Å². The smallest absolute Gasteiger partial charge is 0.493 e. The van der Waals surface area contributed by atoms with Crippen LogP contribution >= 0.6 is 0 Å². The maximum absolute atomic E-state index is 5.46. The lowest BCUT2D eigenvalue weighted by molar-refractivity contribution is 0.123. The van der Waals surface area contributed by atoms with E-state index in [1.54, 1.807) is 42.7 Å². The second-order valence-corrected chi connectivity index (χ2v) is 7.38. The molecule has 0 aliphatic carbocycles. The van der Waals surface area contributed by atoms with Gasteiger partial charge in [0, 0.05) is 27.4 Å². The first-order chi connectivity index (χ1) is 10.1. The van der Waals surface area contributed by atoms with Crippen molar-refractivity contribution in [2.45, 2.75) is 12.5 Å². The highest BCUT2D eigenvalue weighted by Crippen LogP contribution is 2.40. The molecular formula is C14H24O6Si. The van der Waals surface area contributed by atoms with Crippen molar-refractivity contribution in [3.63, 3.8) is 0 Å². The summed E-state index contributed by atoms with van der Waals surface area (Å²) in [5.41, 5.74) is 0.984. The molecule has 0 atom stereocenters. The van der Waals surface area contributed by atoms with Crippen LogP contribution in [0.25, 0.3) is 0 Å². The summed E-state index contributed by atoms with van der Waals surface area (Å²) in [4.78, 5) is 0. The van der Waals surface area contributed by atoms with Crippen LogP contribution in [0.4, 0.5) is 0 Å². The van der Waals surface area contributed by atoms with E-state index in [4.69, 9.17) is 27.5 Å². The van der Waals surface area contributed by atoms with Gasteiger partial charge in [0.15, 0.2) is 11.5 Å². The Morgan fingerprint density at radius 3 is 1.76 bits per heavy atom. The first-order valence-corrected chi connectivity index (χ1v) is 8.47. The van der Waals surface area contributed by atoms with E-state index in [2.05, 4.69) is 0 Å². The zero-order chi connectivity index (χ0) is 15.9. The fourth-order valence-electron chi connectivity index (χ4n) is 2.20. The Bertz CT molecular complexity index is 439. The molecule has 1 aromatic rings. The molecule has 0 fully saturated rings. The molecule has 0 radical (unpaired) electrons. The molecule has 0 saturated carbocycles. The number of ether oxygens (including phenoxy) is 3. The molecule has 0 amide bonds. The normalized spacial score (nSPS) is 11.3. The number of benzene rings is 1. The van der Waals surface area contributed by atoms with Crippen LogP contribution in [0.1, 0.15) is 5.56 Å². The van der Waals surface area contributed by atoms with Gasteiger partial charge in [-0.3, -0.25) is 0 Å². The Hall–Kier alpha value is -1.28. The second kappa shape index (κ2) is 8.23. The van der Waals surface area contributed by atoms with Gasteiger partial charge in [-0.25, -0.2) is 0 Å². The SMILES string of the molecule is COc1ccc(CC[Si](OC)(OC)OC)c(OC)c1OC. The lowest BCUT2D eigenvalue weighted by atomic mass is 10.1. The predicted octanol–water partition coefficient (Wildman–Crippen LogP) is 2.13. The first kappa shape index (κ1) is 17.8. The Morgan fingerprint density at radius 2 is 1.33 bits per heavy atom. The van der Waals surface area contributed by atoms with E-state index in [-0.39, 0.29) is 0 Å². The summed E-state index contributed by atoms with van der Waals surface area (Å²) >= 11 is 0. The number of methoxy groups -OCH3 is 3. The minimum Gasteiger partial charge on any atom is -0.493 e. The third kappa shape index (κ3) is 3.88. The van der Waals surface area contributed by atoms with E-state index < -0.39 is 8.80 Å². The van der Waals surface area contributed by atoms with Crippen LogP contribution in [0, 0.1) is 0 Å². The van der Waals surface area contributed by atoms with Crippen molar-refractivity contribution < 1.29 is 27.5 Å². The van der Waals surface area contributed by atoms with Gasteiger partial charge in [0.25, 0.3) is 0 Å². The van der Waals surface area contributed by atoms with E-state index in [0.717, 1.165) is 5.56 Å². The monoisotopic (exact) mass is 316 g/mol. The van der Waals surface area contributed by atoms with Crippen LogP contribution in [0.5, 0.6) is 17.2 Å². The molecular weight excluding hydrogens is 292 g/mol. The fourth-order valence-corrected chi connectivity index (χ4v) is 3.89. The highest BCUT2D eigenvalue weighted by atomic mass is 28.4. The van der Waals surface area contributed by atoms with Crippen molar-refractivity contribution >= 4 is 8.80 Å². The number of hydrogen-bond donors (Lipinski definition) is 0. The highest BCUT2D eigenvalue weighted by molar-refractivity contribution is 6.60. The predicted molar refractivity (Wildman–Crippen MR) is 81.4 cm³/mol. The standard InChI is InChI=1S/C14H24O6Si/c1-15-12-8-7-11(13(16-2)14(12)17-3)9-10-21(18-4,19-5)20-6/h7-8H,9-10H2,1-6H3. The van der Waals surface area contributed by atoms with Crippen molar-refractivity contribution in [3.8, 4) is 17.2 Å². The van der Waals surface area contributed by atoms with E-state index in [9.17, 15) is 0 Å². The van der Waals surface area contributed by atoms with Crippen molar-refractivity contribution in [2.24, 2.45) is 0 Å². The van der Waals surface area contributed by atoms with E-state index >= 15 is 0 Å². The summed E-state index contributed by atoms with van der Waals surface area (Å²) in [6, 6.07) is 4.44. The molecule has 120 valence electrons. The molecule has 0 heterocycles. The maximum atomic E-state index is 5.46. The van der Waals surface area contributed by atoms with E-state index in [1.807, 2.05) is 12.1 Å². The van der Waals surface area contributed by atoms with Gasteiger partial charge in [-0.1, -0.05) is 6.07 Å². The maximum Gasteiger partial charge on any atom is 0.500 e. The van der Waals surface area contributed by atoms with Crippen LogP contribution in [0.2, 0.25) is 6.04 Å². The lowest BCUT2D eigenvalue weighted by Crippen LogP contribution is -2.43. The van der Waals surface area contributed by atoms with Crippen molar-refractivity contribution in [2.75, 3.05) is 42.7 Å². The minimum absolute atomic E-state index is 0.581. The fraction of sp³-hybridized carbons (Fsp3) is 0.571. The Morgan fingerprint density at radius 1 is 0.762 bits per heavy atom. The molecule has 0 aliphatic heterocycles. The highest BCUT2D eigenvalue weighted by Gasteiger charge is 2.37. The van der Waals surface area contributed by atoms with Crippen LogP contribution in [0.15, 0.2) is 12.1 Å². The molecule has 0 unspecified atom stereocenters. The van der Waals surface area contributed by atoms with Gasteiger partial charge in [-0.05, 0) is 18.1 Å². The zero-order valence-corrected chi connectivity index (χ0v) is 14.5. The molecule has 1 aromatic carbocycles. The van der Waals surface area contributed by atoms with Crippen molar-refractivity contribution in [1.82, 2.24) is 0 Å². The zero-order valence-electron chi connectivity index (χ0n) is 13.5. The first-order valence-electron chi connectivity index (χ1n) is 6.54. The Kier molecular flexibility index (Phi) is 6.96. The van der Waals surface area contributed by atoms with Crippen LogP contribution < -0.4 is 14.2 Å². The molecule has 21 heavy (non-hydrogen) atoms. The summed E-state index contributed by atoms with van der Waals surface area (Å²) in [7, 11) is 6.98. The average molecular weight is 316 g/mol. The van der Waals surface area contributed by atoms with Gasteiger partial charge in [0.2, 0.25) is 5.75 Å². The van der Waals surface area contributed by atoms with Gasteiger partial charge in [0.1, 0.15) is 0 Å². The van der Waals surface area contributed by atoms with E-state index in [0.29, 0.717) is 29.7 Å². The summed E-state index contributed by atoms with van der Waals surface area (Å²) in [5.74, 6) is 1.87.